The molecule has 1 aromatic rings. The lowest BCUT2D eigenvalue weighted by Gasteiger charge is -2.32. The fourth-order valence-corrected chi connectivity index (χ4v) is 2.61. The molecule has 3 N–H and O–H groups in total. The highest BCUT2D eigenvalue weighted by atomic mass is 32.2. The monoisotopic (exact) mass is 246 g/mol. The van der Waals surface area contributed by atoms with Gasteiger partial charge in [-0.05, 0) is 20.8 Å². The van der Waals surface area contributed by atoms with Crippen LogP contribution in [0.25, 0.3) is 0 Å². The molecule has 6 nitrogen and oxygen atoms in total. The van der Waals surface area contributed by atoms with Crippen molar-refractivity contribution in [3.8, 4) is 0 Å². The predicted octanol–water partition coefficient (Wildman–Crippen LogP) is 0.0759. The number of H-pyrrole nitrogens is 1. The second kappa shape index (κ2) is 4.15. The lowest BCUT2D eigenvalue weighted by molar-refractivity contribution is 0.273. The maximum absolute atomic E-state index is 12.2. The molecule has 7 heteroatoms. The number of likely N-dealkylation sites (N-methyl/N-ethyl adjacent to an activating group) is 1. The zero-order chi connectivity index (χ0) is 12.6. The number of hydrogen-bond acceptors (Lipinski definition) is 4. The van der Waals surface area contributed by atoms with E-state index in [0.717, 1.165) is 0 Å². The minimum absolute atomic E-state index is 0.0917. The lowest BCUT2D eigenvalue weighted by atomic mass is 10.1. The highest BCUT2D eigenvalue weighted by Gasteiger charge is 2.33. The summed E-state index contributed by atoms with van der Waals surface area (Å²) in [5.74, 6) is 0.567. The normalized spacial score (nSPS) is 13.4. The Morgan fingerprint density at radius 1 is 1.56 bits per heavy atom. The number of aryl methyl sites for hydroxylation is 1. The molecular formula is C9H18N4O2S. The molecule has 16 heavy (non-hydrogen) atoms. The molecule has 1 heterocycles. The molecule has 0 aliphatic carbocycles. The molecule has 0 spiro atoms. The van der Waals surface area contributed by atoms with Gasteiger partial charge in [0.15, 0.2) is 5.03 Å². The van der Waals surface area contributed by atoms with E-state index in [1.165, 1.54) is 17.5 Å². The van der Waals surface area contributed by atoms with Crippen molar-refractivity contribution in [3.05, 3.63) is 12.0 Å². The molecule has 0 aromatic carbocycles. The van der Waals surface area contributed by atoms with Gasteiger partial charge in [0.2, 0.25) is 0 Å². The summed E-state index contributed by atoms with van der Waals surface area (Å²) in [5, 5.41) is 0.0917. The van der Waals surface area contributed by atoms with Gasteiger partial charge in [-0.1, -0.05) is 0 Å². The molecule has 0 atom stereocenters. The van der Waals surface area contributed by atoms with Crippen LogP contribution in [0.15, 0.2) is 11.2 Å². The minimum Gasteiger partial charge on any atom is -0.332 e. The van der Waals surface area contributed by atoms with Crippen molar-refractivity contribution in [1.29, 1.82) is 0 Å². The second-order valence-corrected chi connectivity index (χ2v) is 6.26. The van der Waals surface area contributed by atoms with Gasteiger partial charge in [-0.25, -0.2) is 13.4 Å². The average molecular weight is 246 g/mol. The first-order chi connectivity index (χ1) is 7.21. The number of rotatable bonds is 4. The van der Waals surface area contributed by atoms with Crippen LogP contribution in [0, 0.1) is 6.92 Å². The molecule has 0 saturated heterocycles. The molecular weight excluding hydrogens is 228 g/mol. The van der Waals surface area contributed by atoms with Crippen LogP contribution >= 0.6 is 0 Å². The Bertz CT molecular complexity index is 464. The summed E-state index contributed by atoms with van der Waals surface area (Å²) < 4.78 is 25.6. The summed E-state index contributed by atoms with van der Waals surface area (Å²) in [6, 6.07) is 0. The van der Waals surface area contributed by atoms with Crippen molar-refractivity contribution < 1.29 is 8.42 Å². The van der Waals surface area contributed by atoms with E-state index in [0.29, 0.717) is 5.82 Å². The van der Waals surface area contributed by atoms with Crippen molar-refractivity contribution in [1.82, 2.24) is 14.3 Å². The molecule has 0 amide bonds. The van der Waals surface area contributed by atoms with E-state index in [1.807, 2.05) is 0 Å². The molecule has 1 aromatic heterocycles. The van der Waals surface area contributed by atoms with E-state index < -0.39 is 15.6 Å². The fourth-order valence-electron chi connectivity index (χ4n) is 1.13. The number of aromatic amines is 1. The third kappa shape index (κ3) is 2.26. The highest BCUT2D eigenvalue weighted by molar-refractivity contribution is 7.89. The molecule has 92 valence electrons. The summed E-state index contributed by atoms with van der Waals surface area (Å²) in [6.45, 7) is 5.49. The number of nitrogens with two attached hydrogens (primary N) is 1. The van der Waals surface area contributed by atoms with Crippen molar-refractivity contribution in [2.75, 3.05) is 13.6 Å². The summed E-state index contributed by atoms with van der Waals surface area (Å²) in [7, 11) is -2.04. The summed E-state index contributed by atoms with van der Waals surface area (Å²) in [5.41, 5.74) is 4.93. The van der Waals surface area contributed by atoms with Crippen LogP contribution in [-0.4, -0.2) is 41.8 Å². The van der Waals surface area contributed by atoms with Crippen LogP contribution in [0.3, 0.4) is 0 Å². The smallest absolute Gasteiger partial charge is 0.260 e. The Kier molecular flexibility index (Phi) is 3.41. The average Bonchev–Trinajstić information content (AvgIpc) is 2.64. The van der Waals surface area contributed by atoms with E-state index >= 15 is 0 Å². The van der Waals surface area contributed by atoms with Crippen molar-refractivity contribution >= 4 is 10.0 Å². The third-order valence-electron chi connectivity index (χ3n) is 2.67. The Balaban J connectivity index is 3.13. The van der Waals surface area contributed by atoms with Gasteiger partial charge in [0.25, 0.3) is 10.0 Å². The Labute approximate surface area is 95.9 Å². The summed E-state index contributed by atoms with van der Waals surface area (Å²) in [6.07, 6.45) is 1.31. The van der Waals surface area contributed by atoms with Crippen molar-refractivity contribution in [2.45, 2.75) is 31.3 Å². The zero-order valence-corrected chi connectivity index (χ0v) is 10.8. The first-order valence-electron chi connectivity index (χ1n) is 4.92. The van der Waals surface area contributed by atoms with Crippen LogP contribution < -0.4 is 5.73 Å². The molecule has 0 aliphatic heterocycles. The van der Waals surface area contributed by atoms with Crippen molar-refractivity contribution in [2.24, 2.45) is 5.73 Å². The van der Waals surface area contributed by atoms with E-state index in [2.05, 4.69) is 9.97 Å². The Morgan fingerprint density at radius 2 is 2.12 bits per heavy atom. The van der Waals surface area contributed by atoms with Crippen LogP contribution in [0.5, 0.6) is 0 Å². The summed E-state index contributed by atoms with van der Waals surface area (Å²) >= 11 is 0. The molecule has 1 rings (SSSR count). The Hall–Kier alpha value is -0.920. The van der Waals surface area contributed by atoms with Gasteiger partial charge in [-0.2, -0.15) is 4.31 Å². The maximum Gasteiger partial charge on any atom is 0.260 e. The first-order valence-corrected chi connectivity index (χ1v) is 6.36. The number of aromatic nitrogens is 2. The number of nitrogens with zero attached hydrogens (tertiary/aromatic N) is 2. The van der Waals surface area contributed by atoms with Gasteiger partial charge in [0.05, 0.1) is 6.20 Å². The first kappa shape index (κ1) is 13.1. The molecule has 0 saturated carbocycles. The fraction of sp³-hybridized carbons (Fsp3) is 0.667. The summed E-state index contributed by atoms with van der Waals surface area (Å²) in [4.78, 5) is 6.59. The van der Waals surface area contributed by atoms with Gasteiger partial charge in [-0.3, -0.25) is 0 Å². The molecule has 0 radical (unpaired) electrons. The maximum atomic E-state index is 12.2. The standard InChI is InChI=1S/C9H18N4O2S/c1-7-11-5-8(12-7)16(14,15)13(4)9(2,3)6-10/h5H,6,10H2,1-4H3,(H,11,12). The van der Waals surface area contributed by atoms with Gasteiger partial charge < -0.3 is 10.7 Å². The molecule has 0 bridgehead atoms. The van der Waals surface area contributed by atoms with Gasteiger partial charge in [0, 0.05) is 19.1 Å². The number of imidazole rings is 1. The van der Waals surface area contributed by atoms with Gasteiger partial charge >= 0.3 is 0 Å². The van der Waals surface area contributed by atoms with E-state index in [4.69, 9.17) is 5.73 Å². The van der Waals surface area contributed by atoms with Crippen LogP contribution in [-0.2, 0) is 10.0 Å². The number of sulfonamides is 1. The van der Waals surface area contributed by atoms with E-state index in [9.17, 15) is 8.42 Å². The third-order valence-corrected chi connectivity index (χ3v) is 4.65. The van der Waals surface area contributed by atoms with Gasteiger partial charge in [0.1, 0.15) is 5.82 Å². The van der Waals surface area contributed by atoms with E-state index in [-0.39, 0.29) is 11.6 Å². The topological polar surface area (TPSA) is 92.1 Å². The van der Waals surface area contributed by atoms with Gasteiger partial charge in [-0.15, -0.1) is 0 Å². The number of hydrogen-bond donors (Lipinski definition) is 2. The second-order valence-electron chi connectivity index (χ2n) is 4.32. The zero-order valence-electron chi connectivity index (χ0n) is 9.98. The Morgan fingerprint density at radius 3 is 2.50 bits per heavy atom. The largest absolute Gasteiger partial charge is 0.332 e. The molecule has 0 fully saturated rings. The van der Waals surface area contributed by atoms with Crippen LogP contribution in [0.4, 0.5) is 0 Å². The quantitative estimate of drug-likeness (QED) is 0.786. The van der Waals surface area contributed by atoms with Crippen molar-refractivity contribution in [3.63, 3.8) is 0 Å². The molecule has 0 unspecified atom stereocenters. The minimum atomic E-state index is -3.55. The van der Waals surface area contributed by atoms with Crippen LogP contribution in [0.1, 0.15) is 19.7 Å². The predicted molar refractivity (Wildman–Crippen MR) is 61.4 cm³/mol. The highest BCUT2D eigenvalue weighted by Crippen LogP contribution is 2.20. The molecule has 0 aliphatic rings. The number of nitrogens with one attached hydrogen (secondary N) is 1. The SMILES string of the molecule is Cc1ncc(S(=O)(=O)N(C)C(C)(C)CN)[nH]1. The lowest BCUT2D eigenvalue weighted by Crippen LogP contribution is -2.49. The van der Waals surface area contributed by atoms with Crippen LogP contribution in [0.2, 0.25) is 0 Å². The van der Waals surface area contributed by atoms with E-state index in [1.54, 1.807) is 20.8 Å².